The quantitative estimate of drug-likeness (QED) is 0.264. The maximum absolute atomic E-state index is 2.55. The van der Waals surface area contributed by atoms with E-state index in [2.05, 4.69) is 107 Å². The summed E-state index contributed by atoms with van der Waals surface area (Å²) in [5, 5.41) is 0. The van der Waals surface area contributed by atoms with Crippen molar-refractivity contribution in [3.05, 3.63) is 57.6 Å². The van der Waals surface area contributed by atoms with Crippen molar-refractivity contribution in [3.63, 3.8) is 0 Å². The van der Waals surface area contributed by atoms with Gasteiger partial charge in [-0.1, -0.05) is 0 Å². The fraction of sp³-hybridized carbons (Fsp3) is 0.600. The average Bonchev–Trinajstić information content (AvgIpc) is 2.66. The van der Waals surface area contributed by atoms with Crippen LogP contribution in [0.15, 0.2) is 24.3 Å². The molecule has 0 unspecified atom stereocenters. The van der Waals surface area contributed by atoms with E-state index in [0.717, 1.165) is 0 Å². The van der Waals surface area contributed by atoms with Crippen LogP contribution in [-0.2, 0) is 0 Å². The van der Waals surface area contributed by atoms with Crippen molar-refractivity contribution in [2.45, 2.75) is 119 Å². The Balaban J connectivity index is 2.83. The van der Waals surface area contributed by atoms with Gasteiger partial charge < -0.3 is 0 Å². The minimum atomic E-state index is -1.26. The molecule has 0 atom stereocenters. The molecule has 0 N–H and O–H groups in total. The third-order valence-electron chi connectivity index (χ3n) is 6.51. The summed E-state index contributed by atoms with van der Waals surface area (Å²) >= 11 is -1.26. The van der Waals surface area contributed by atoms with Crippen molar-refractivity contribution in [1.29, 1.82) is 0 Å². The molecular formula is C30H46Pb. The molecule has 1 heteroatoms. The second kappa shape index (κ2) is 11.0. The van der Waals surface area contributed by atoms with E-state index in [1.165, 1.54) is 11.1 Å². The van der Waals surface area contributed by atoms with E-state index in [9.17, 15) is 0 Å². The fourth-order valence-corrected chi connectivity index (χ4v) is 13.2. The Morgan fingerprint density at radius 3 is 0.774 bits per heavy atom. The molecule has 0 saturated heterocycles. The molecule has 0 saturated carbocycles. The monoisotopic (exact) mass is 614 g/mol. The molecule has 0 fully saturated rings. The van der Waals surface area contributed by atoms with Crippen molar-refractivity contribution in [3.8, 4) is 0 Å². The molecule has 2 radical (unpaired) electrons. The third-order valence-corrected chi connectivity index (χ3v) is 12.9. The van der Waals surface area contributed by atoms with Crippen LogP contribution < -0.4 is 6.25 Å². The maximum atomic E-state index is 2.55. The molecule has 0 aliphatic rings. The molecule has 2 aromatic carbocycles. The second-order valence-electron chi connectivity index (χ2n) is 11.2. The van der Waals surface area contributed by atoms with Gasteiger partial charge in [-0.05, 0) is 0 Å². The first-order valence-corrected chi connectivity index (χ1v) is 16.4. The first kappa shape index (κ1) is 26.6. The van der Waals surface area contributed by atoms with Gasteiger partial charge in [0, 0.05) is 0 Å². The molecule has 0 heterocycles. The van der Waals surface area contributed by atoms with Gasteiger partial charge in [0.15, 0.2) is 0 Å². The summed E-state index contributed by atoms with van der Waals surface area (Å²) in [6.45, 7) is 28.5. The number of rotatable bonds is 8. The van der Waals surface area contributed by atoms with Crippen LogP contribution in [0.2, 0.25) is 0 Å². The Bertz CT molecular complexity index is 750. The Morgan fingerprint density at radius 1 is 0.387 bits per heavy atom. The summed E-state index contributed by atoms with van der Waals surface area (Å²) < 4.78 is 3.55. The van der Waals surface area contributed by atoms with E-state index in [4.69, 9.17) is 0 Å². The van der Waals surface area contributed by atoms with Gasteiger partial charge in [-0.2, -0.15) is 0 Å². The third kappa shape index (κ3) is 6.24. The van der Waals surface area contributed by atoms with Crippen LogP contribution in [0.5, 0.6) is 0 Å². The molecule has 0 bridgehead atoms. The van der Waals surface area contributed by atoms with Crippen LogP contribution in [0, 0.1) is 0 Å². The predicted molar refractivity (Wildman–Crippen MR) is 142 cm³/mol. The molecule has 2 rings (SSSR count). The molecule has 0 nitrogen and oxygen atoms in total. The standard InChI is InChI=1S/2C15H23.Pb/c2*1-10(2)13-7-14(11(3)4)9-15(8-13)12(5)6;/h2*7-8,10-12H,1-6H3;. The summed E-state index contributed by atoms with van der Waals surface area (Å²) in [6, 6.07) is 10.2. The van der Waals surface area contributed by atoms with Crippen LogP contribution in [0.3, 0.4) is 0 Å². The molecule has 0 aliphatic heterocycles. The van der Waals surface area contributed by atoms with Crippen LogP contribution in [0.25, 0.3) is 0 Å². The average molecular weight is 614 g/mol. The van der Waals surface area contributed by atoms with Crippen LogP contribution in [-0.4, -0.2) is 24.2 Å². The predicted octanol–water partition coefficient (Wildman–Crippen LogP) is 8.08. The first-order chi connectivity index (χ1) is 14.3. The van der Waals surface area contributed by atoms with Gasteiger partial charge in [-0.25, -0.2) is 0 Å². The van der Waals surface area contributed by atoms with Crippen molar-refractivity contribution in [2.75, 3.05) is 0 Å². The van der Waals surface area contributed by atoms with Crippen LogP contribution in [0.1, 0.15) is 152 Å². The number of hydrogen-bond donors (Lipinski definition) is 0. The normalized spacial score (nSPS) is 12.5. The van der Waals surface area contributed by atoms with E-state index in [0.29, 0.717) is 35.5 Å². The number of hydrogen-bond acceptors (Lipinski definition) is 0. The van der Waals surface area contributed by atoms with Crippen LogP contribution >= 0.6 is 0 Å². The Kier molecular flexibility index (Phi) is 9.43. The van der Waals surface area contributed by atoms with Crippen LogP contribution in [0.4, 0.5) is 0 Å². The zero-order chi connectivity index (χ0) is 23.6. The molecular weight excluding hydrogens is 568 g/mol. The summed E-state index contributed by atoms with van der Waals surface area (Å²) in [4.78, 5) is 0. The summed E-state index contributed by atoms with van der Waals surface area (Å²) in [5.41, 5.74) is 9.57. The van der Waals surface area contributed by atoms with Crippen molar-refractivity contribution in [1.82, 2.24) is 0 Å². The van der Waals surface area contributed by atoms with Gasteiger partial charge in [0.05, 0.1) is 0 Å². The van der Waals surface area contributed by atoms with Gasteiger partial charge in [0.1, 0.15) is 0 Å². The summed E-state index contributed by atoms with van der Waals surface area (Å²) in [5.74, 6) is 3.50. The summed E-state index contributed by atoms with van der Waals surface area (Å²) in [6.07, 6.45) is 0. The Labute approximate surface area is 205 Å². The molecule has 0 spiro atoms. The Hall–Kier alpha value is -0.638. The van der Waals surface area contributed by atoms with Gasteiger partial charge in [-0.15, -0.1) is 0 Å². The van der Waals surface area contributed by atoms with Gasteiger partial charge >= 0.3 is 207 Å². The topological polar surface area (TPSA) is 0 Å². The fourth-order valence-electron chi connectivity index (χ4n) is 4.33. The Morgan fingerprint density at radius 2 is 0.613 bits per heavy atom. The van der Waals surface area contributed by atoms with E-state index >= 15 is 0 Å². The van der Waals surface area contributed by atoms with Crippen molar-refractivity contribution in [2.24, 2.45) is 0 Å². The first-order valence-electron chi connectivity index (χ1n) is 12.5. The molecule has 31 heavy (non-hydrogen) atoms. The van der Waals surface area contributed by atoms with E-state index < -0.39 is 24.2 Å². The second-order valence-corrected chi connectivity index (χ2v) is 16.1. The zero-order valence-electron chi connectivity index (χ0n) is 22.3. The molecule has 2 aromatic rings. The van der Waals surface area contributed by atoms with Gasteiger partial charge in [-0.3, -0.25) is 0 Å². The SMILES string of the molecule is CC(C)c1cc(C(C)C)[c]([Pb][c]2c(C(C)C)cc(C(C)C)cc2C(C)C)c(C(C)C)c1. The van der Waals surface area contributed by atoms with E-state index in [1.54, 1.807) is 28.5 Å². The molecule has 0 amide bonds. The van der Waals surface area contributed by atoms with E-state index in [1.807, 2.05) is 0 Å². The number of benzene rings is 2. The molecule has 170 valence electrons. The van der Waals surface area contributed by atoms with E-state index in [-0.39, 0.29) is 0 Å². The van der Waals surface area contributed by atoms with Crippen molar-refractivity contribution < 1.29 is 0 Å². The van der Waals surface area contributed by atoms with Gasteiger partial charge in [0.2, 0.25) is 0 Å². The zero-order valence-corrected chi connectivity index (χ0v) is 26.2. The van der Waals surface area contributed by atoms with Crippen molar-refractivity contribution >= 4 is 30.5 Å². The summed E-state index contributed by atoms with van der Waals surface area (Å²) in [7, 11) is 0. The minimum absolute atomic E-state index is 0.582. The molecule has 0 aromatic heterocycles. The molecule has 0 aliphatic carbocycles. The van der Waals surface area contributed by atoms with Gasteiger partial charge in [0.25, 0.3) is 0 Å².